The summed E-state index contributed by atoms with van der Waals surface area (Å²) < 4.78 is 10.6. The Balaban J connectivity index is 1.98. The Kier molecular flexibility index (Phi) is 6.23. The molecule has 1 aliphatic heterocycles. The molecule has 2 amide bonds. The molecule has 6 heteroatoms. The van der Waals surface area contributed by atoms with E-state index in [0.717, 1.165) is 18.4 Å². The van der Waals surface area contributed by atoms with E-state index in [-0.39, 0.29) is 17.7 Å². The second-order valence-electron chi connectivity index (χ2n) is 5.86. The number of nitrogens with zero attached hydrogens (tertiary/aromatic N) is 1. The maximum Gasteiger partial charge on any atom is 0.246 e. The molecule has 0 radical (unpaired) electrons. The number of piperidine rings is 1. The minimum absolute atomic E-state index is 0.0441. The molecule has 1 saturated heterocycles. The van der Waals surface area contributed by atoms with Crippen molar-refractivity contribution >= 4 is 17.9 Å². The number of hydrogen-bond acceptors (Lipinski definition) is 4. The monoisotopic (exact) mass is 332 g/mol. The van der Waals surface area contributed by atoms with E-state index < -0.39 is 0 Å². The molecule has 0 bridgehead atoms. The lowest BCUT2D eigenvalue weighted by atomic mass is 9.93. The molecule has 24 heavy (non-hydrogen) atoms. The average Bonchev–Trinajstić information content (AvgIpc) is 2.59. The zero-order valence-electron chi connectivity index (χ0n) is 14.2. The van der Waals surface area contributed by atoms with Crippen LogP contribution < -0.4 is 15.2 Å². The first-order valence-electron chi connectivity index (χ1n) is 8.01. The summed E-state index contributed by atoms with van der Waals surface area (Å²) in [6.45, 7) is 1.30. The molecule has 1 fully saturated rings. The molecule has 0 aromatic heterocycles. The largest absolute Gasteiger partial charge is 0.493 e. The zero-order chi connectivity index (χ0) is 17.5. The molecule has 1 aromatic carbocycles. The van der Waals surface area contributed by atoms with Crippen LogP contribution in [0.4, 0.5) is 0 Å². The number of methoxy groups -OCH3 is 2. The fraction of sp³-hybridized carbons (Fsp3) is 0.444. The van der Waals surface area contributed by atoms with Crippen molar-refractivity contribution in [3.8, 4) is 11.5 Å². The molecule has 1 heterocycles. The van der Waals surface area contributed by atoms with E-state index >= 15 is 0 Å². The maximum absolute atomic E-state index is 12.3. The van der Waals surface area contributed by atoms with E-state index in [0.29, 0.717) is 31.0 Å². The predicted octanol–water partition coefficient (Wildman–Crippen LogP) is 1.83. The van der Waals surface area contributed by atoms with E-state index in [9.17, 15) is 9.59 Å². The van der Waals surface area contributed by atoms with Crippen molar-refractivity contribution in [3.63, 3.8) is 0 Å². The summed E-state index contributed by atoms with van der Waals surface area (Å²) >= 11 is 0. The molecule has 0 saturated carbocycles. The summed E-state index contributed by atoms with van der Waals surface area (Å²) in [4.78, 5) is 25.1. The van der Waals surface area contributed by atoms with Gasteiger partial charge in [0.15, 0.2) is 11.5 Å². The molecule has 0 atom stereocenters. The summed E-state index contributed by atoms with van der Waals surface area (Å²) in [5.41, 5.74) is 6.01. The molecule has 2 N–H and O–H groups in total. The first-order chi connectivity index (χ1) is 11.5. The number of carbonyl (C=O) groups excluding carboxylic acids is 2. The lowest BCUT2D eigenvalue weighted by Crippen LogP contribution is -2.38. The van der Waals surface area contributed by atoms with Crippen molar-refractivity contribution in [2.75, 3.05) is 27.3 Å². The molecule has 6 nitrogen and oxygen atoms in total. The number of likely N-dealkylation sites (tertiary alicyclic amines) is 1. The number of ether oxygens (including phenoxy) is 2. The van der Waals surface area contributed by atoms with Crippen molar-refractivity contribution in [1.29, 1.82) is 0 Å². The van der Waals surface area contributed by atoms with Gasteiger partial charge >= 0.3 is 0 Å². The summed E-state index contributed by atoms with van der Waals surface area (Å²) in [7, 11) is 3.15. The molecule has 0 spiro atoms. The van der Waals surface area contributed by atoms with Gasteiger partial charge in [0.05, 0.1) is 14.2 Å². The standard InChI is InChI=1S/C18H24N2O4/c1-23-15-5-3-4-14(18(15)24-2)6-7-17(22)20-10-8-13(9-11-20)12-16(19)21/h3-7,13H,8-12H2,1-2H3,(H2,19,21). The van der Waals surface area contributed by atoms with E-state index in [1.807, 2.05) is 18.2 Å². The lowest BCUT2D eigenvalue weighted by molar-refractivity contribution is -0.127. The Hall–Kier alpha value is -2.50. The number of rotatable bonds is 6. The molecular formula is C18H24N2O4. The van der Waals surface area contributed by atoms with Crippen LogP contribution in [0, 0.1) is 5.92 Å². The minimum atomic E-state index is -0.273. The average molecular weight is 332 g/mol. The second kappa shape index (κ2) is 8.38. The van der Waals surface area contributed by atoms with Crippen LogP contribution in [0.1, 0.15) is 24.8 Å². The number of primary amides is 1. The van der Waals surface area contributed by atoms with Crippen molar-refractivity contribution in [2.45, 2.75) is 19.3 Å². The van der Waals surface area contributed by atoms with Gasteiger partial charge in [-0.25, -0.2) is 0 Å². The quantitative estimate of drug-likeness (QED) is 0.806. The summed E-state index contributed by atoms with van der Waals surface area (Å²) in [5, 5.41) is 0. The highest BCUT2D eigenvalue weighted by atomic mass is 16.5. The fourth-order valence-electron chi connectivity index (χ4n) is 2.95. The van der Waals surface area contributed by atoms with Crippen molar-refractivity contribution in [2.24, 2.45) is 11.7 Å². The van der Waals surface area contributed by atoms with E-state index in [2.05, 4.69) is 0 Å². The van der Waals surface area contributed by atoms with Crippen molar-refractivity contribution in [3.05, 3.63) is 29.8 Å². The van der Waals surface area contributed by atoms with Crippen LogP contribution in [0.5, 0.6) is 11.5 Å². The van der Waals surface area contributed by atoms with Gasteiger partial charge in [-0.2, -0.15) is 0 Å². The SMILES string of the molecule is COc1cccc(C=CC(=O)N2CCC(CC(N)=O)CC2)c1OC. The number of para-hydroxylation sites is 1. The van der Waals surface area contributed by atoms with Gasteiger partial charge in [0.2, 0.25) is 11.8 Å². The number of nitrogens with two attached hydrogens (primary N) is 1. The third-order valence-electron chi connectivity index (χ3n) is 4.25. The number of carbonyl (C=O) groups is 2. The number of benzene rings is 1. The highest BCUT2D eigenvalue weighted by molar-refractivity contribution is 5.92. The summed E-state index contributed by atoms with van der Waals surface area (Å²) in [5.74, 6) is 1.19. The van der Waals surface area contributed by atoms with Gasteiger partial charge in [-0.15, -0.1) is 0 Å². The summed E-state index contributed by atoms with van der Waals surface area (Å²) in [6.07, 6.45) is 5.31. The van der Waals surface area contributed by atoms with Crippen LogP contribution >= 0.6 is 0 Å². The molecule has 2 rings (SSSR count). The smallest absolute Gasteiger partial charge is 0.246 e. The molecule has 130 valence electrons. The highest BCUT2D eigenvalue weighted by Crippen LogP contribution is 2.31. The van der Waals surface area contributed by atoms with Crippen LogP contribution in [-0.2, 0) is 9.59 Å². The van der Waals surface area contributed by atoms with Gasteiger partial charge < -0.3 is 20.1 Å². The molecule has 1 aliphatic rings. The minimum Gasteiger partial charge on any atom is -0.493 e. The Labute approximate surface area is 142 Å². The zero-order valence-corrected chi connectivity index (χ0v) is 14.2. The second-order valence-corrected chi connectivity index (χ2v) is 5.86. The van der Waals surface area contributed by atoms with Gasteiger partial charge in [-0.3, -0.25) is 9.59 Å². The first kappa shape index (κ1) is 17.8. The van der Waals surface area contributed by atoms with Gasteiger partial charge in [0.1, 0.15) is 0 Å². The Morgan fingerprint density at radius 1 is 1.25 bits per heavy atom. The number of amides is 2. The van der Waals surface area contributed by atoms with Crippen LogP contribution in [0.2, 0.25) is 0 Å². The third-order valence-corrected chi connectivity index (χ3v) is 4.25. The lowest BCUT2D eigenvalue weighted by Gasteiger charge is -2.30. The van der Waals surface area contributed by atoms with Crippen molar-refractivity contribution < 1.29 is 19.1 Å². The van der Waals surface area contributed by atoms with Crippen LogP contribution in [-0.4, -0.2) is 44.0 Å². The van der Waals surface area contributed by atoms with Crippen LogP contribution in [0.25, 0.3) is 6.08 Å². The first-order valence-corrected chi connectivity index (χ1v) is 8.01. The third kappa shape index (κ3) is 4.50. The summed E-state index contributed by atoms with van der Waals surface area (Å²) in [6, 6.07) is 5.52. The Morgan fingerprint density at radius 3 is 2.54 bits per heavy atom. The fourth-order valence-corrected chi connectivity index (χ4v) is 2.95. The Bertz CT molecular complexity index is 619. The Morgan fingerprint density at radius 2 is 1.96 bits per heavy atom. The maximum atomic E-state index is 12.3. The molecule has 0 aliphatic carbocycles. The molecule has 0 unspecified atom stereocenters. The van der Waals surface area contributed by atoms with Gasteiger partial charge in [-0.05, 0) is 30.9 Å². The highest BCUT2D eigenvalue weighted by Gasteiger charge is 2.22. The van der Waals surface area contributed by atoms with Gasteiger partial charge in [0, 0.05) is 31.1 Å². The van der Waals surface area contributed by atoms with Gasteiger partial charge in [0.25, 0.3) is 0 Å². The van der Waals surface area contributed by atoms with E-state index in [1.54, 1.807) is 31.3 Å². The molecular weight excluding hydrogens is 308 g/mol. The van der Waals surface area contributed by atoms with E-state index in [4.69, 9.17) is 15.2 Å². The number of hydrogen-bond donors (Lipinski definition) is 1. The van der Waals surface area contributed by atoms with Crippen LogP contribution in [0.3, 0.4) is 0 Å². The predicted molar refractivity (Wildman–Crippen MR) is 91.7 cm³/mol. The van der Waals surface area contributed by atoms with E-state index in [1.165, 1.54) is 0 Å². The van der Waals surface area contributed by atoms with Crippen LogP contribution in [0.15, 0.2) is 24.3 Å². The van der Waals surface area contributed by atoms with Crippen molar-refractivity contribution in [1.82, 2.24) is 4.90 Å². The normalized spacial score (nSPS) is 15.5. The van der Waals surface area contributed by atoms with Gasteiger partial charge in [-0.1, -0.05) is 12.1 Å². The topological polar surface area (TPSA) is 81.9 Å². The molecule has 1 aromatic rings.